The van der Waals surface area contributed by atoms with Gasteiger partial charge in [0.05, 0.1) is 0 Å². The first-order valence-corrected chi connectivity index (χ1v) is 7.57. The van der Waals surface area contributed by atoms with Crippen LogP contribution < -0.4 is 5.32 Å². The molecular formula is C15H14Br2FN. The monoisotopic (exact) mass is 385 g/mol. The molecule has 0 spiro atoms. The van der Waals surface area contributed by atoms with Gasteiger partial charge in [0.2, 0.25) is 0 Å². The van der Waals surface area contributed by atoms with E-state index in [2.05, 4.69) is 56.2 Å². The largest absolute Gasteiger partial charge is 0.306 e. The summed E-state index contributed by atoms with van der Waals surface area (Å²) < 4.78 is 14.9. The fraction of sp³-hybridized carbons (Fsp3) is 0.200. The Kier molecular flexibility index (Phi) is 5.13. The van der Waals surface area contributed by atoms with Crippen molar-refractivity contribution in [1.29, 1.82) is 0 Å². The van der Waals surface area contributed by atoms with E-state index in [1.54, 1.807) is 6.07 Å². The van der Waals surface area contributed by atoms with Gasteiger partial charge in [-0.1, -0.05) is 50.1 Å². The van der Waals surface area contributed by atoms with Gasteiger partial charge in [-0.2, -0.15) is 0 Å². The molecule has 0 fully saturated rings. The first kappa shape index (κ1) is 14.7. The summed E-state index contributed by atoms with van der Waals surface area (Å²) in [4.78, 5) is 0. The quantitative estimate of drug-likeness (QED) is 0.761. The maximum atomic E-state index is 13.0. The van der Waals surface area contributed by atoms with E-state index in [1.165, 1.54) is 17.7 Å². The van der Waals surface area contributed by atoms with E-state index in [-0.39, 0.29) is 11.9 Å². The van der Waals surface area contributed by atoms with E-state index < -0.39 is 0 Å². The predicted octanol–water partition coefficient (Wildman–Crippen LogP) is 5.20. The zero-order valence-electron chi connectivity index (χ0n) is 10.5. The van der Waals surface area contributed by atoms with Crippen LogP contribution in [0.15, 0.2) is 51.4 Å². The second-order valence-electron chi connectivity index (χ2n) is 4.39. The lowest BCUT2D eigenvalue weighted by atomic mass is 10.1. The first-order valence-electron chi connectivity index (χ1n) is 5.99. The number of rotatable bonds is 4. The molecule has 2 rings (SSSR count). The number of hydrogen-bond donors (Lipinski definition) is 1. The van der Waals surface area contributed by atoms with Crippen molar-refractivity contribution >= 4 is 31.9 Å². The van der Waals surface area contributed by atoms with Crippen LogP contribution in [0.4, 0.5) is 4.39 Å². The molecule has 2 aromatic carbocycles. The molecule has 0 bridgehead atoms. The number of hydrogen-bond acceptors (Lipinski definition) is 1. The third-order valence-electron chi connectivity index (χ3n) is 2.96. The first-order chi connectivity index (χ1) is 9.06. The zero-order valence-corrected chi connectivity index (χ0v) is 13.6. The molecule has 1 N–H and O–H groups in total. The van der Waals surface area contributed by atoms with Crippen molar-refractivity contribution in [1.82, 2.24) is 5.32 Å². The predicted molar refractivity (Wildman–Crippen MR) is 83.5 cm³/mol. The summed E-state index contributed by atoms with van der Waals surface area (Å²) in [6, 6.07) is 13.2. The highest BCUT2D eigenvalue weighted by atomic mass is 79.9. The fourth-order valence-electron chi connectivity index (χ4n) is 1.82. The van der Waals surface area contributed by atoms with Crippen molar-refractivity contribution in [3.63, 3.8) is 0 Å². The summed E-state index contributed by atoms with van der Waals surface area (Å²) in [7, 11) is 0. The molecule has 0 saturated carbocycles. The lowest BCUT2D eigenvalue weighted by Gasteiger charge is -2.15. The Morgan fingerprint density at radius 3 is 2.63 bits per heavy atom. The number of halogens is 3. The standard InChI is InChI=1S/C15H14Br2FN/c1-10(11-3-2-4-13(16)7-11)19-9-12-5-6-14(18)8-15(12)17/h2-8,10,19H,9H2,1H3. The molecule has 100 valence electrons. The Labute approximate surface area is 129 Å². The third-order valence-corrected chi connectivity index (χ3v) is 4.19. The van der Waals surface area contributed by atoms with Crippen LogP contribution in [0.25, 0.3) is 0 Å². The van der Waals surface area contributed by atoms with Crippen LogP contribution in [0.2, 0.25) is 0 Å². The number of nitrogens with one attached hydrogen (secondary N) is 1. The van der Waals surface area contributed by atoms with Gasteiger partial charge < -0.3 is 5.32 Å². The van der Waals surface area contributed by atoms with E-state index in [4.69, 9.17) is 0 Å². The molecular weight excluding hydrogens is 373 g/mol. The van der Waals surface area contributed by atoms with E-state index in [0.29, 0.717) is 6.54 Å². The highest BCUT2D eigenvalue weighted by molar-refractivity contribution is 9.10. The summed E-state index contributed by atoms with van der Waals surface area (Å²) in [6.07, 6.45) is 0. The molecule has 1 atom stereocenters. The minimum absolute atomic E-state index is 0.226. The topological polar surface area (TPSA) is 12.0 Å². The lowest BCUT2D eigenvalue weighted by molar-refractivity contribution is 0.571. The van der Waals surface area contributed by atoms with Crippen molar-refractivity contribution in [2.45, 2.75) is 19.5 Å². The van der Waals surface area contributed by atoms with E-state index in [0.717, 1.165) is 14.5 Å². The maximum absolute atomic E-state index is 13.0. The summed E-state index contributed by atoms with van der Waals surface area (Å²) in [6.45, 7) is 2.80. The van der Waals surface area contributed by atoms with Crippen molar-refractivity contribution in [3.05, 3.63) is 68.4 Å². The molecule has 0 amide bonds. The molecule has 0 aromatic heterocycles. The zero-order chi connectivity index (χ0) is 13.8. The average molecular weight is 387 g/mol. The Morgan fingerprint density at radius 2 is 1.95 bits per heavy atom. The van der Waals surface area contributed by atoms with Gasteiger partial charge in [0.15, 0.2) is 0 Å². The maximum Gasteiger partial charge on any atom is 0.124 e. The van der Waals surface area contributed by atoms with E-state index in [1.807, 2.05) is 12.1 Å². The van der Waals surface area contributed by atoms with E-state index >= 15 is 0 Å². The van der Waals surface area contributed by atoms with Crippen LogP contribution in [-0.4, -0.2) is 0 Å². The van der Waals surface area contributed by atoms with Crippen LogP contribution in [-0.2, 0) is 6.54 Å². The minimum atomic E-state index is -0.226. The van der Waals surface area contributed by atoms with Gasteiger partial charge in [0.25, 0.3) is 0 Å². The second kappa shape index (κ2) is 6.64. The molecule has 0 aliphatic carbocycles. The minimum Gasteiger partial charge on any atom is -0.306 e. The van der Waals surface area contributed by atoms with Gasteiger partial charge in [-0.05, 0) is 42.3 Å². The van der Waals surface area contributed by atoms with Gasteiger partial charge in [0.1, 0.15) is 5.82 Å². The summed E-state index contributed by atoms with van der Waals surface area (Å²) in [5.74, 6) is -0.226. The number of benzene rings is 2. The SMILES string of the molecule is CC(NCc1ccc(F)cc1Br)c1cccc(Br)c1. The Hall–Kier alpha value is -0.710. The molecule has 1 unspecified atom stereocenters. The Bertz CT molecular complexity index is 572. The molecule has 0 radical (unpaired) electrons. The normalized spacial score (nSPS) is 12.4. The Balaban J connectivity index is 2.02. The van der Waals surface area contributed by atoms with Crippen molar-refractivity contribution in [2.75, 3.05) is 0 Å². The highest BCUT2D eigenvalue weighted by Gasteiger charge is 2.07. The molecule has 0 saturated heterocycles. The average Bonchev–Trinajstić information content (AvgIpc) is 2.37. The van der Waals surface area contributed by atoms with E-state index in [9.17, 15) is 4.39 Å². The van der Waals surface area contributed by atoms with Gasteiger partial charge in [0, 0.05) is 21.5 Å². The van der Waals surface area contributed by atoms with Gasteiger partial charge in [-0.3, -0.25) is 0 Å². The summed E-state index contributed by atoms with van der Waals surface area (Å²) in [5, 5.41) is 3.43. The second-order valence-corrected chi connectivity index (χ2v) is 6.16. The molecule has 0 aliphatic rings. The smallest absolute Gasteiger partial charge is 0.124 e. The molecule has 0 heterocycles. The molecule has 0 aliphatic heterocycles. The molecule has 2 aromatic rings. The molecule has 1 nitrogen and oxygen atoms in total. The summed E-state index contributed by atoms with van der Waals surface area (Å²) >= 11 is 6.85. The fourth-order valence-corrected chi connectivity index (χ4v) is 2.73. The van der Waals surface area contributed by atoms with Crippen LogP contribution >= 0.6 is 31.9 Å². The van der Waals surface area contributed by atoms with Crippen LogP contribution in [0.5, 0.6) is 0 Å². The van der Waals surface area contributed by atoms with Crippen molar-refractivity contribution < 1.29 is 4.39 Å². The molecule has 19 heavy (non-hydrogen) atoms. The third kappa shape index (κ3) is 4.13. The lowest BCUT2D eigenvalue weighted by Crippen LogP contribution is -2.18. The van der Waals surface area contributed by atoms with Crippen LogP contribution in [0.3, 0.4) is 0 Å². The summed E-state index contributed by atoms with van der Waals surface area (Å²) in [5.41, 5.74) is 2.26. The highest BCUT2D eigenvalue weighted by Crippen LogP contribution is 2.21. The molecule has 4 heteroatoms. The van der Waals surface area contributed by atoms with Gasteiger partial charge in [-0.15, -0.1) is 0 Å². The van der Waals surface area contributed by atoms with Crippen LogP contribution in [0.1, 0.15) is 24.1 Å². The Morgan fingerprint density at radius 1 is 1.16 bits per heavy atom. The van der Waals surface area contributed by atoms with Crippen molar-refractivity contribution in [2.24, 2.45) is 0 Å². The van der Waals surface area contributed by atoms with Crippen LogP contribution in [0, 0.1) is 5.82 Å². The van der Waals surface area contributed by atoms with Crippen molar-refractivity contribution in [3.8, 4) is 0 Å². The van der Waals surface area contributed by atoms with Gasteiger partial charge in [-0.25, -0.2) is 4.39 Å². The van der Waals surface area contributed by atoms with Gasteiger partial charge >= 0.3 is 0 Å².